The zero-order chi connectivity index (χ0) is 15.0. The molecule has 0 aliphatic heterocycles. The van der Waals surface area contributed by atoms with Gasteiger partial charge in [-0.1, -0.05) is 11.3 Å². The van der Waals surface area contributed by atoms with Crippen LogP contribution in [-0.4, -0.2) is 20.4 Å². The van der Waals surface area contributed by atoms with E-state index >= 15 is 0 Å². The highest BCUT2D eigenvalue weighted by molar-refractivity contribution is 7.07. The zero-order valence-corrected chi connectivity index (χ0v) is 12.3. The van der Waals surface area contributed by atoms with E-state index in [1.807, 2.05) is 0 Å². The van der Waals surface area contributed by atoms with E-state index in [2.05, 4.69) is 9.97 Å². The minimum Gasteiger partial charge on any atom is -0.319 e. The van der Waals surface area contributed by atoms with Crippen molar-refractivity contribution in [1.29, 1.82) is 0 Å². The number of benzene rings is 1. The van der Waals surface area contributed by atoms with Crippen molar-refractivity contribution in [3.05, 3.63) is 50.3 Å². The maximum Gasteiger partial charge on any atom is 0.304 e. The summed E-state index contributed by atoms with van der Waals surface area (Å²) in [6, 6.07) is 2.48. The Morgan fingerprint density at radius 3 is 2.86 bits per heavy atom. The van der Waals surface area contributed by atoms with Crippen LogP contribution in [0.3, 0.4) is 0 Å². The van der Waals surface area contributed by atoms with Crippen molar-refractivity contribution < 1.29 is 8.78 Å². The van der Waals surface area contributed by atoms with Gasteiger partial charge in [0.1, 0.15) is 11.3 Å². The molecule has 0 aliphatic carbocycles. The quantitative estimate of drug-likeness (QED) is 0.748. The van der Waals surface area contributed by atoms with Crippen LogP contribution in [0.25, 0.3) is 11.0 Å². The summed E-state index contributed by atoms with van der Waals surface area (Å²) in [5, 5.41) is 1.65. The molecule has 4 nitrogen and oxygen atoms in total. The van der Waals surface area contributed by atoms with E-state index in [0.717, 1.165) is 17.4 Å². The number of nitrogens with zero attached hydrogens (tertiary/aromatic N) is 2. The normalized spacial score (nSPS) is 11.4. The van der Waals surface area contributed by atoms with E-state index in [0.29, 0.717) is 29.3 Å². The van der Waals surface area contributed by atoms with Gasteiger partial charge in [0.15, 0.2) is 11.6 Å². The van der Waals surface area contributed by atoms with E-state index in [-0.39, 0.29) is 16.9 Å². The summed E-state index contributed by atoms with van der Waals surface area (Å²) in [5.41, 5.74) is 1.07. The average Bonchev–Trinajstić information content (AvgIpc) is 3.00. The van der Waals surface area contributed by atoms with Crippen molar-refractivity contribution in [2.24, 2.45) is 0 Å². The number of nitrogens with one attached hydrogen (secondary N) is 1. The number of aromatic amines is 1. The zero-order valence-electron chi connectivity index (χ0n) is 10.7. The number of aryl methyl sites for hydroxylation is 1. The Labute approximate surface area is 127 Å². The Balaban J connectivity index is 2.19. The Bertz CT molecular complexity index is 855. The Morgan fingerprint density at radius 1 is 1.38 bits per heavy atom. The summed E-state index contributed by atoms with van der Waals surface area (Å²) in [6.45, 7) is 0.210. The first-order valence-corrected chi connectivity index (χ1v) is 7.57. The van der Waals surface area contributed by atoms with E-state index in [9.17, 15) is 13.6 Å². The molecule has 0 spiro atoms. The van der Waals surface area contributed by atoms with Crippen molar-refractivity contribution in [3.8, 4) is 0 Å². The molecule has 21 heavy (non-hydrogen) atoms. The number of alkyl halides is 1. The summed E-state index contributed by atoms with van der Waals surface area (Å²) in [6.07, 6.45) is 0.422. The van der Waals surface area contributed by atoms with Crippen molar-refractivity contribution in [3.63, 3.8) is 0 Å². The maximum atomic E-state index is 14.1. The van der Waals surface area contributed by atoms with Crippen LogP contribution in [0.15, 0.2) is 22.3 Å². The predicted octanol–water partition coefficient (Wildman–Crippen LogP) is 2.89. The third-order valence-electron chi connectivity index (χ3n) is 3.10. The lowest BCUT2D eigenvalue weighted by Crippen LogP contribution is -2.08. The highest BCUT2D eigenvalue weighted by atomic mass is 35.5. The molecule has 8 heteroatoms. The molecule has 0 atom stereocenters. The molecule has 1 aromatic carbocycles. The number of fused-ring (bicyclic) bond motifs is 1. The van der Waals surface area contributed by atoms with Gasteiger partial charge in [-0.3, -0.25) is 4.79 Å². The number of aromatic nitrogens is 3. The lowest BCUT2D eigenvalue weighted by molar-refractivity contribution is 0.511. The van der Waals surface area contributed by atoms with Crippen LogP contribution < -0.4 is 4.87 Å². The number of thiazole rings is 1. The first-order chi connectivity index (χ1) is 10.1. The Kier molecular flexibility index (Phi) is 3.77. The van der Waals surface area contributed by atoms with Gasteiger partial charge in [0.25, 0.3) is 0 Å². The van der Waals surface area contributed by atoms with Gasteiger partial charge in [-0.15, -0.1) is 11.6 Å². The Morgan fingerprint density at radius 2 is 2.19 bits per heavy atom. The molecule has 2 aromatic heterocycles. The first-order valence-electron chi connectivity index (χ1n) is 6.16. The topological polar surface area (TPSA) is 50.7 Å². The molecule has 0 aliphatic rings. The maximum absolute atomic E-state index is 14.1. The fourth-order valence-electron chi connectivity index (χ4n) is 2.21. The lowest BCUT2D eigenvalue weighted by Gasteiger charge is -2.07. The molecule has 0 unspecified atom stereocenters. The van der Waals surface area contributed by atoms with Crippen LogP contribution in [0.5, 0.6) is 0 Å². The highest BCUT2D eigenvalue weighted by Crippen LogP contribution is 2.23. The second kappa shape index (κ2) is 5.57. The van der Waals surface area contributed by atoms with Crippen molar-refractivity contribution >= 4 is 34.0 Å². The van der Waals surface area contributed by atoms with Crippen LogP contribution in [0.1, 0.15) is 11.5 Å². The van der Waals surface area contributed by atoms with Gasteiger partial charge >= 0.3 is 4.87 Å². The predicted molar refractivity (Wildman–Crippen MR) is 78.1 cm³/mol. The molecule has 0 radical (unpaired) electrons. The van der Waals surface area contributed by atoms with Crippen LogP contribution in [0.4, 0.5) is 8.78 Å². The minimum atomic E-state index is -0.946. The molecular formula is C13H10ClF2N3OS. The van der Waals surface area contributed by atoms with Crippen LogP contribution >= 0.6 is 22.9 Å². The largest absolute Gasteiger partial charge is 0.319 e. The molecule has 1 N–H and O–H groups in total. The van der Waals surface area contributed by atoms with E-state index < -0.39 is 11.6 Å². The third kappa shape index (κ3) is 2.58. The molecule has 3 aromatic rings. The van der Waals surface area contributed by atoms with Crippen molar-refractivity contribution in [1.82, 2.24) is 14.5 Å². The lowest BCUT2D eigenvalue weighted by atomic mass is 10.3. The van der Waals surface area contributed by atoms with E-state index in [1.54, 1.807) is 9.95 Å². The summed E-state index contributed by atoms with van der Waals surface area (Å²) in [7, 11) is 0. The number of halogens is 3. The van der Waals surface area contributed by atoms with Gasteiger partial charge in [0.2, 0.25) is 0 Å². The fourth-order valence-corrected chi connectivity index (χ4v) is 2.95. The van der Waals surface area contributed by atoms with Crippen LogP contribution in [0, 0.1) is 11.6 Å². The first kappa shape index (κ1) is 14.2. The van der Waals surface area contributed by atoms with Gasteiger partial charge in [0, 0.05) is 23.4 Å². The summed E-state index contributed by atoms with van der Waals surface area (Å²) < 4.78 is 29.1. The standard InChI is InChI=1S/C13H10ClF2N3OS/c14-4-3-10-18-9-2-1-8(15)11(16)12(9)19(10)5-7-6-21-13(20)17-7/h1-2,6H,3-5H2,(H,17,20). The molecule has 3 rings (SSSR count). The average molecular weight is 330 g/mol. The van der Waals surface area contributed by atoms with E-state index in [4.69, 9.17) is 11.6 Å². The number of hydrogen-bond donors (Lipinski definition) is 1. The molecular weight excluding hydrogens is 320 g/mol. The fraction of sp³-hybridized carbons (Fsp3) is 0.231. The van der Waals surface area contributed by atoms with Gasteiger partial charge < -0.3 is 9.55 Å². The second-order valence-electron chi connectivity index (χ2n) is 4.46. The van der Waals surface area contributed by atoms with Crippen LogP contribution in [-0.2, 0) is 13.0 Å². The summed E-state index contributed by atoms with van der Waals surface area (Å²) in [4.78, 5) is 17.9. The van der Waals surface area contributed by atoms with E-state index in [1.165, 1.54) is 6.07 Å². The SMILES string of the molecule is O=c1[nH]c(Cn2c(CCCl)nc3ccc(F)c(F)c32)cs1. The monoisotopic (exact) mass is 329 g/mol. The summed E-state index contributed by atoms with van der Waals surface area (Å²) >= 11 is 6.76. The van der Waals surface area contributed by atoms with Gasteiger partial charge in [-0.25, -0.2) is 13.8 Å². The molecule has 0 bridgehead atoms. The smallest absolute Gasteiger partial charge is 0.304 e. The number of H-pyrrole nitrogens is 1. The molecule has 2 heterocycles. The molecule has 110 valence electrons. The third-order valence-corrected chi connectivity index (χ3v) is 4.00. The highest BCUT2D eigenvalue weighted by Gasteiger charge is 2.17. The van der Waals surface area contributed by atoms with Gasteiger partial charge in [0.05, 0.1) is 12.1 Å². The number of imidazole rings is 1. The van der Waals surface area contributed by atoms with Gasteiger partial charge in [-0.2, -0.15) is 0 Å². The Hall–Kier alpha value is -1.73. The number of rotatable bonds is 4. The minimum absolute atomic E-state index is 0.0853. The number of hydrogen-bond acceptors (Lipinski definition) is 3. The summed E-state index contributed by atoms with van der Waals surface area (Å²) in [5.74, 6) is -1.01. The molecule has 0 saturated carbocycles. The molecule has 0 saturated heterocycles. The van der Waals surface area contributed by atoms with Crippen molar-refractivity contribution in [2.75, 3.05) is 5.88 Å². The van der Waals surface area contributed by atoms with Crippen LogP contribution in [0.2, 0.25) is 0 Å². The second-order valence-corrected chi connectivity index (χ2v) is 5.68. The molecule has 0 amide bonds. The van der Waals surface area contributed by atoms with Crippen molar-refractivity contribution in [2.45, 2.75) is 13.0 Å². The van der Waals surface area contributed by atoms with Gasteiger partial charge in [-0.05, 0) is 12.1 Å². The molecule has 0 fully saturated rings.